The van der Waals surface area contributed by atoms with Gasteiger partial charge >= 0.3 is 5.69 Å². The number of nitro groups is 1. The Morgan fingerprint density at radius 3 is 2.79 bits per heavy atom. The lowest BCUT2D eigenvalue weighted by Crippen LogP contribution is -2.09. The normalized spacial score (nSPS) is 9.95. The first-order chi connectivity index (χ1) is 9.22. The van der Waals surface area contributed by atoms with E-state index in [1.165, 1.54) is 6.33 Å². The Bertz CT molecular complexity index is 575. The molecule has 0 saturated heterocycles. The standard InChI is InChI=1S/C10H11N7O2/c1-11-9-8(17(18)19)10(14-6-13-9)12-5-7-3-2-4-15-16-7/h2-4,6H,5H2,1H3,(H2,11,12,13,14). The molecule has 0 radical (unpaired) electrons. The summed E-state index contributed by atoms with van der Waals surface area (Å²) < 4.78 is 0. The zero-order valence-electron chi connectivity index (χ0n) is 10.1. The molecule has 2 aromatic heterocycles. The van der Waals surface area contributed by atoms with Gasteiger partial charge in [0.2, 0.25) is 11.6 Å². The van der Waals surface area contributed by atoms with Gasteiger partial charge in [-0.1, -0.05) is 0 Å². The smallest absolute Gasteiger partial charge is 0.353 e. The molecule has 0 unspecified atom stereocenters. The lowest BCUT2D eigenvalue weighted by molar-refractivity contribution is -0.383. The number of hydrogen-bond acceptors (Lipinski definition) is 8. The molecule has 98 valence electrons. The van der Waals surface area contributed by atoms with Crippen LogP contribution in [0.4, 0.5) is 17.3 Å². The number of hydrogen-bond donors (Lipinski definition) is 2. The van der Waals surface area contributed by atoms with Crippen LogP contribution in [0.15, 0.2) is 24.7 Å². The maximum absolute atomic E-state index is 11.0. The van der Waals surface area contributed by atoms with Crippen molar-refractivity contribution in [1.29, 1.82) is 0 Å². The fraction of sp³-hybridized carbons (Fsp3) is 0.200. The number of nitrogens with one attached hydrogen (secondary N) is 2. The van der Waals surface area contributed by atoms with Gasteiger partial charge in [0.15, 0.2) is 0 Å². The summed E-state index contributed by atoms with van der Waals surface area (Å²) in [7, 11) is 1.56. The summed E-state index contributed by atoms with van der Waals surface area (Å²) in [4.78, 5) is 18.2. The van der Waals surface area contributed by atoms with E-state index in [0.29, 0.717) is 5.69 Å². The minimum absolute atomic E-state index is 0.134. The number of rotatable bonds is 5. The minimum Gasteiger partial charge on any atom is -0.367 e. The van der Waals surface area contributed by atoms with Gasteiger partial charge in [0, 0.05) is 13.2 Å². The van der Waals surface area contributed by atoms with E-state index in [2.05, 4.69) is 30.8 Å². The summed E-state index contributed by atoms with van der Waals surface area (Å²) in [5, 5.41) is 24.1. The van der Waals surface area contributed by atoms with Crippen molar-refractivity contribution in [2.24, 2.45) is 0 Å². The average Bonchev–Trinajstić information content (AvgIpc) is 2.45. The lowest BCUT2D eigenvalue weighted by atomic mass is 10.3. The summed E-state index contributed by atoms with van der Waals surface area (Å²) in [6.07, 6.45) is 2.80. The summed E-state index contributed by atoms with van der Waals surface area (Å²) >= 11 is 0. The van der Waals surface area contributed by atoms with Crippen molar-refractivity contribution in [3.63, 3.8) is 0 Å². The van der Waals surface area contributed by atoms with Crippen molar-refractivity contribution >= 4 is 17.3 Å². The highest BCUT2D eigenvalue weighted by Gasteiger charge is 2.21. The molecule has 0 aliphatic heterocycles. The van der Waals surface area contributed by atoms with Crippen molar-refractivity contribution in [2.75, 3.05) is 17.7 Å². The van der Waals surface area contributed by atoms with Crippen LogP contribution in [-0.4, -0.2) is 32.1 Å². The number of nitrogens with zero attached hydrogens (tertiary/aromatic N) is 5. The van der Waals surface area contributed by atoms with Crippen LogP contribution < -0.4 is 10.6 Å². The van der Waals surface area contributed by atoms with E-state index < -0.39 is 4.92 Å². The fourth-order valence-corrected chi connectivity index (χ4v) is 1.47. The molecule has 2 N–H and O–H groups in total. The zero-order valence-corrected chi connectivity index (χ0v) is 10.1. The first-order valence-electron chi connectivity index (χ1n) is 5.40. The highest BCUT2D eigenvalue weighted by molar-refractivity contribution is 5.68. The van der Waals surface area contributed by atoms with Crippen molar-refractivity contribution in [2.45, 2.75) is 6.54 Å². The molecule has 0 bridgehead atoms. The van der Waals surface area contributed by atoms with Gasteiger partial charge in [0.25, 0.3) is 0 Å². The molecule has 0 amide bonds. The zero-order chi connectivity index (χ0) is 13.7. The van der Waals surface area contributed by atoms with Crippen LogP contribution in [0.1, 0.15) is 5.69 Å². The molecule has 0 fully saturated rings. The van der Waals surface area contributed by atoms with E-state index in [-0.39, 0.29) is 23.9 Å². The topological polar surface area (TPSA) is 119 Å². The largest absolute Gasteiger partial charge is 0.367 e. The van der Waals surface area contributed by atoms with Gasteiger partial charge < -0.3 is 10.6 Å². The molecule has 0 aromatic carbocycles. The second-order valence-electron chi connectivity index (χ2n) is 3.50. The van der Waals surface area contributed by atoms with E-state index in [1.54, 1.807) is 25.4 Å². The predicted molar refractivity (Wildman–Crippen MR) is 67.6 cm³/mol. The van der Waals surface area contributed by atoms with Crippen molar-refractivity contribution < 1.29 is 4.92 Å². The molecule has 0 atom stereocenters. The van der Waals surface area contributed by atoms with Crippen LogP contribution in [0.5, 0.6) is 0 Å². The molecule has 0 aliphatic rings. The Morgan fingerprint density at radius 1 is 1.37 bits per heavy atom. The maximum Gasteiger partial charge on any atom is 0.353 e. The Hall–Kier alpha value is -2.84. The molecule has 0 aliphatic carbocycles. The predicted octanol–water partition coefficient (Wildman–Crippen LogP) is 0.829. The van der Waals surface area contributed by atoms with Crippen LogP contribution in [-0.2, 0) is 6.54 Å². The van der Waals surface area contributed by atoms with E-state index in [1.807, 2.05) is 0 Å². The quantitative estimate of drug-likeness (QED) is 0.600. The van der Waals surface area contributed by atoms with E-state index >= 15 is 0 Å². The van der Waals surface area contributed by atoms with Gasteiger partial charge in [0.05, 0.1) is 17.2 Å². The van der Waals surface area contributed by atoms with Gasteiger partial charge in [-0.05, 0) is 12.1 Å². The Morgan fingerprint density at radius 2 is 2.16 bits per heavy atom. The van der Waals surface area contributed by atoms with Gasteiger partial charge in [0.1, 0.15) is 6.33 Å². The summed E-state index contributed by atoms with van der Waals surface area (Å²) in [6.45, 7) is 0.287. The summed E-state index contributed by atoms with van der Waals surface area (Å²) in [5.74, 6) is 0.289. The Labute approximate surface area is 108 Å². The van der Waals surface area contributed by atoms with E-state index in [4.69, 9.17) is 0 Å². The van der Waals surface area contributed by atoms with Crippen LogP contribution in [0.3, 0.4) is 0 Å². The summed E-state index contributed by atoms with van der Waals surface area (Å²) in [6, 6.07) is 3.49. The third-order valence-electron chi connectivity index (χ3n) is 2.31. The molecule has 0 saturated carbocycles. The third-order valence-corrected chi connectivity index (χ3v) is 2.31. The van der Waals surface area contributed by atoms with Crippen molar-refractivity contribution in [3.8, 4) is 0 Å². The SMILES string of the molecule is CNc1ncnc(NCc2cccnn2)c1[N+](=O)[O-]. The molecule has 2 heterocycles. The van der Waals surface area contributed by atoms with Crippen LogP contribution in [0.25, 0.3) is 0 Å². The second kappa shape index (κ2) is 5.67. The third kappa shape index (κ3) is 2.89. The molecule has 2 rings (SSSR count). The highest BCUT2D eigenvalue weighted by atomic mass is 16.6. The van der Waals surface area contributed by atoms with Crippen molar-refractivity contribution in [3.05, 3.63) is 40.5 Å². The van der Waals surface area contributed by atoms with E-state index in [0.717, 1.165) is 0 Å². The lowest BCUT2D eigenvalue weighted by Gasteiger charge is -2.07. The van der Waals surface area contributed by atoms with Crippen LogP contribution >= 0.6 is 0 Å². The van der Waals surface area contributed by atoms with E-state index in [9.17, 15) is 10.1 Å². The van der Waals surface area contributed by atoms with Crippen LogP contribution in [0.2, 0.25) is 0 Å². The van der Waals surface area contributed by atoms with Gasteiger partial charge in [-0.2, -0.15) is 10.2 Å². The highest BCUT2D eigenvalue weighted by Crippen LogP contribution is 2.28. The molecular weight excluding hydrogens is 250 g/mol. The number of aromatic nitrogens is 4. The second-order valence-corrected chi connectivity index (χ2v) is 3.50. The van der Waals surface area contributed by atoms with Gasteiger partial charge in [-0.15, -0.1) is 0 Å². The Balaban J connectivity index is 2.23. The minimum atomic E-state index is -0.537. The molecule has 0 spiro atoms. The Kier molecular flexibility index (Phi) is 3.76. The van der Waals surface area contributed by atoms with Crippen molar-refractivity contribution in [1.82, 2.24) is 20.2 Å². The fourth-order valence-electron chi connectivity index (χ4n) is 1.47. The maximum atomic E-state index is 11.0. The molecule has 2 aromatic rings. The summed E-state index contributed by atoms with van der Waals surface area (Å²) in [5.41, 5.74) is 0.454. The number of anilines is 2. The molecule has 9 heteroatoms. The van der Waals surface area contributed by atoms with Crippen LogP contribution in [0, 0.1) is 10.1 Å². The molecule has 19 heavy (non-hydrogen) atoms. The first-order valence-corrected chi connectivity index (χ1v) is 5.40. The molecule has 9 nitrogen and oxygen atoms in total. The molecular formula is C10H11N7O2. The average molecular weight is 261 g/mol. The van der Waals surface area contributed by atoms with Gasteiger partial charge in [-0.3, -0.25) is 10.1 Å². The van der Waals surface area contributed by atoms with Gasteiger partial charge in [-0.25, -0.2) is 9.97 Å². The monoisotopic (exact) mass is 261 g/mol. The first kappa shape index (κ1) is 12.6.